The number of carbonyl (C=O) groups is 1. The molecule has 4 nitrogen and oxygen atoms in total. The van der Waals surface area contributed by atoms with Gasteiger partial charge in [-0.2, -0.15) is 0 Å². The van der Waals surface area contributed by atoms with E-state index < -0.39 is 0 Å². The molecule has 0 radical (unpaired) electrons. The summed E-state index contributed by atoms with van der Waals surface area (Å²) in [6, 6.07) is 0. The first-order chi connectivity index (χ1) is 7.70. The molecular weight excluding hydrogens is 470 g/mol. The first-order valence-corrected chi connectivity index (χ1v) is 6.49. The van der Waals surface area contributed by atoms with E-state index in [4.69, 9.17) is 4.74 Å². The van der Waals surface area contributed by atoms with Gasteiger partial charge in [0.15, 0.2) is 0 Å². The summed E-state index contributed by atoms with van der Waals surface area (Å²) in [5, 5.41) is 0. The third-order valence-corrected chi connectivity index (χ3v) is 3.37. The number of halogens is 2. The van der Waals surface area contributed by atoms with Crippen LogP contribution in [0, 0.1) is 5.92 Å². The van der Waals surface area contributed by atoms with Gasteiger partial charge in [-0.3, -0.25) is 4.79 Å². The molecule has 0 aromatic rings. The summed E-state index contributed by atoms with van der Waals surface area (Å²) in [6.07, 6.45) is 2.12. The van der Waals surface area contributed by atoms with Crippen molar-refractivity contribution in [2.24, 2.45) is 5.92 Å². The standard InChI is InChI=1S/C13H28N2O2.2HI/c1-14(2,3)9-10-17-13(16)12-7-6-8-15(4,5)11-12;;/h12H,6-11H2,1-5H3;2*1H/q+2;;/p-2. The summed E-state index contributed by atoms with van der Waals surface area (Å²) in [5.41, 5.74) is 0. The fourth-order valence-electron chi connectivity index (χ4n) is 2.28. The average molecular weight is 498 g/mol. The van der Waals surface area contributed by atoms with Crippen LogP contribution in [0.1, 0.15) is 12.8 Å². The Hall–Kier alpha value is 0.850. The Labute approximate surface area is 152 Å². The van der Waals surface area contributed by atoms with Crippen LogP contribution in [0.3, 0.4) is 0 Å². The highest BCUT2D eigenvalue weighted by Crippen LogP contribution is 2.20. The Kier molecular flexibility index (Phi) is 10.5. The minimum atomic E-state index is 0. The summed E-state index contributed by atoms with van der Waals surface area (Å²) in [6.45, 7) is 3.49. The molecule has 0 aromatic carbocycles. The fourth-order valence-corrected chi connectivity index (χ4v) is 2.28. The normalized spacial score (nSPS) is 21.8. The third-order valence-electron chi connectivity index (χ3n) is 3.37. The molecule has 1 unspecified atom stereocenters. The van der Waals surface area contributed by atoms with E-state index in [1.165, 1.54) is 6.54 Å². The van der Waals surface area contributed by atoms with Crippen molar-refractivity contribution in [2.75, 3.05) is 61.5 Å². The van der Waals surface area contributed by atoms with E-state index in [2.05, 4.69) is 35.2 Å². The zero-order chi connectivity index (χ0) is 13.1. The highest BCUT2D eigenvalue weighted by atomic mass is 127. The highest BCUT2D eigenvalue weighted by Gasteiger charge is 2.33. The van der Waals surface area contributed by atoms with Crippen molar-refractivity contribution in [2.45, 2.75) is 12.8 Å². The minimum Gasteiger partial charge on any atom is -1.00 e. The van der Waals surface area contributed by atoms with Gasteiger partial charge in [-0.25, -0.2) is 0 Å². The van der Waals surface area contributed by atoms with Gasteiger partial charge < -0.3 is 61.7 Å². The third kappa shape index (κ3) is 9.41. The molecular formula is C13H28I2N2O2. The van der Waals surface area contributed by atoms with E-state index in [-0.39, 0.29) is 59.8 Å². The van der Waals surface area contributed by atoms with Crippen LogP contribution in [0.2, 0.25) is 0 Å². The Morgan fingerprint density at radius 1 is 1.26 bits per heavy atom. The smallest absolute Gasteiger partial charge is 0.314 e. The van der Waals surface area contributed by atoms with Crippen molar-refractivity contribution >= 4 is 5.97 Å². The molecule has 6 heteroatoms. The van der Waals surface area contributed by atoms with E-state index in [9.17, 15) is 4.79 Å². The summed E-state index contributed by atoms with van der Waals surface area (Å²) < 4.78 is 7.16. The SMILES string of the molecule is C[N+](C)(C)CCOC(=O)C1CCC[N+](C)(C)C1.[I-].[I-]. The lowest BCUT2D eigenvalue weighted by Gasteiger charge is -2.37. The van der Waals surface area contributed by atoms with Crippen LogP contribution >= 0.6 is 0 Å². The molecule has 0 aromatic heterocycles. The molecule has 19 heavy (non-hydrogen) atoms. The molecule has 116 valence electrons. The zero-order valence-corrected chi connectivity index (χ0v) is 17.1. The predicted molar refractivity (Wildman–Crippen MR) is 68.4 cm³/mol. The van der Waals surface area contributed by atoms with Gasteiger partial charge in [-0.1, -0.05) is 0 Å². The Morgan fingerprint density at radius 3 is 2.32 bits per heavy atom. The maximum absolute atomic E-state index is 11.9. The first-order valence-electron chi connectivity index (χ1n) is 6.49. The molecule has 1 aliphatic heterocycles. The van der Waals surface area contributed by atoms with Crippen molar-refractivity contribution < 1.29 is 66.5 Å². The van der Waals surface area contributed by atoms with Crippen LogP contribution in [-0.2, 0) is 9.53 Å². The molecule has 1 heterocycles. The predicted octanol–water partition coefficient (Wildman–Crippen LogP) is -5.27. The molecule has 0 aliphatic carbocycles. The number of nitrogens with zero attached hydrogens (tertiary/aromatic N) is 2. The summed E-state index contributed by atoms with van der Waals surface area (Å²) in [4.78, 5) is 11.9. The molecule has 0 spiro atoms. The second kappa shape index (κ2) is 8.99. The van der Waals surface area contributed by atoms with Crippen molar-refractivity contribution in [1.29, 1.82) is 0 Å². The average Bonchev–Trinajstić information content (AvgIpc) is 2.13. The number of ether oxygens (including phenoxy) is 1. The van der Waals surface area contributed by atoms with E-state index in [0.717, 1.165) is 34.9 Å². The number of piperidine rings is 1. The summed E-state index contributed by atoms with van der Waals surface area (Å²) in [7, 11) is 10.7. The number of hydrogen-bond donors (Lipinski definition) is 0. The quantitative estimate of drug-likeness (QED) is 0.220. The molecule has 1 atom stereocenters. The lowest BCUT2D eigenvalue weighted by molar-refractivity contribution is -0.897. The van der Waals surface area contributed by atoms with Crippen molar-refractivity contribution in [3.63, 3.8) is 0 Å². The van der Waals surface area contributed by atoms with Gasteiger partial charge in [0.05, 0.1) is 48.3 Å². The largest absolute Gasteiger partial charge is 1.00 e. The second-order valence-corrected chi connectivity index (χ2v) is 6.86. The number of quaternary nitrogens is 2. The number of likely N-dealkylation sites (N-methyl/N-ethyl adjacent to an activating group) is 1. The van der Waals surface area contributed by atoms with Gasteiger partial charge in [-0.05, 0) is 12.8 Å². The molecule has 1 rings (SSSR count). The van der Waals surface area contributed by atoms with E-state index in [1.807, 2.05) is 0 Å². The first kappa shape index (κ1) is 22.1. The van der Waals surface area contributed by atoms with Crippen LogP contribution in [-0.4, -0.2) is 76.4 Å². The van der Waals surface area contributed by atoms with E-state index in [1.54, 1.807) is 0 Å². The van der Waals surface area contributed by atoms with Crippen molar-refractivity contribution in [3.8, 4) is 0 Å². The van der Waals surface area contributed by atoms with E-state index in [0.29, 0.717) is 6.61 Å². The van der Waals surface area contributed by atoms with Crippen molar-refractivity contribution in [1.82, 2.24) is 0 Å². The minimum absolute atomic E-state index is 0. The summed E-state index contributed by atoms with van der Waals surface area (Å²) in [5.74, 6) is 0.107. The number of hydrogen-bond acceptors (Lipinski definition) is 2. The fraction of sp³-hybridized carbons (Fsp3) is 0.923. The van der Waals surface area contributed by atoms with Crippen LogP contribution in [0.5, 0.6) is 0 Å². The van der Waals surface area contributed by atoms with Crippen LogP contribution in [0.4, 0.5) is 0 Å². The molecule has 1 saturated heterocycles. The lowest BCUT2D eigenvalue weighted by atomic mass is 9.97. The Bertz CT molecular complexity index is 278. The lowest BCUT2D eigenvalue weighted by Crippen LogP contribution is -3.00. The van der Waals surface area contributed by atoms with Gasteiger partial charge in [0.2, 0.25) is 0 Å². The van der Waals surface area contributed by atoms with Gasteiger partial charge in [0.25, 0.3) is 0 Å². The number of carbonyl (C=O) groups excluding carboxylic acids is 1. The number of esters is 1. The van der Waals surface area contributed by atoms with E-state index >= 15 is 0 Å². The van der Waals surface area contributed by atoms with Crippen LogP contribution in [0.15, 0.2) is 0 Å². The maximum atomic E-state index is 11.9. The second-order valence-electron chi connectivity index (χ2n) is 6.86. The molecule has 0 N–H and O–H groups in total. The monoisotopic (exact) mass is 498 g/mol. The Balaban J connectivity index is 0. The van der Waals surface area contributed by atoms with Gasteiger partial charge in [0.1, 0.15) is 19.1 Å². The topological polar surface area (TPSA) is 26.3 Å². The molecule has 1 fully saturated rings. The van der Waals surface area contributed by atoms with Crippen LogP contribution < -0.4 is 48.0 Å². The number of likely N-dealkylation sites (tertiary alicyclic amines) is 1. The molecule has 1 aliphatic rings. The maximum Gasteiger partial charge on any atom is 0.314 e. The number of rotatable bonds is 4. The molecule has 0 amide bonds. The molecule has 0 saturated carbocycles. The van der Waals surface area contributed by atoms with Crippen molar-refractivity contribution in [3.05, 3.63) is 0 Å². The summed E-state index contributed by atoms with van der Waals surface area (Å²) >= 11 is 0. The zero-order valence-electron chi connectivity index (χ0n) is 12.8. The highest BCUT2D eigenvalue weighted by molar-refractivity contribution is 5.72. The van der Waals surface area contributed by atoms with Gasteiger partial charge in [-0.15, -0.1) is 0 Å². The van der Waals surface area contributed by atoms with Crippen LogP contribution in [0.25, 0.3) is 0 Å². The van der Waals surface area contributed by atoms with Gasteiger partial charge >= 0.3 is 5.97 Å². The molecule has 0 bridgehead atoms. The Morgan fingerprint density at radius 2 is 1.84 bits per heavy atom. The van der Waals surface area contributed by atoms with Gasteiger partial charge in [0, 0.05) is 0 Å².